The minimum Gasteiger partial charge on any atom is -0.396 e. The standard InChI is InChI=1S/C22H21N3O4S/c26-13-5-11-25-21(29)17-9-3-4-10-18(17)23-22(25)30-14-6-12-24-19(27)15-7-1-2-8-16(15)20(24)28/h1-4,7-10,26H,5-6,11-14H2. The highest BCUT2D eigenvalue weighted by Crippen LogP contribution is 2.24. The molecule has 0 unspecified atom stereocenters. The van der Waals surface area contributed by atoms with Crippen LogP contribution in [-0.4, -0.2) is 50.3 Å². The second-order valence-corrected chi connectivity index (χ2v) is 8.02. The molecular weight excluding hydrogens is 402 g/mol. The molecule has 30 heavy (non-hydrogen) atoms. The number of fused-ring (bicyclic) bond motifs is 2. The Hall–Kier alpha value is -2.97. The number of para-hydroxylation sites is 1. The summed E-state index contributed by atoms with van der Waals surface area (Å²) in [6.45, 7) is 0.685. The molecule has 1 aliphatic rings. The average molecular weight is 423 g/mol. The quantitative estimate of drug-likeness (QED) is 0.259. The molecule has 154 valence electrons. The number of carbonyl (C=O) groups is 2. The van der Waals surface area contributed by atoms with Gasteiger partial charge in [0, 0.05) is 25.4 Å². The van der Waals surface area contributed by atoms with Crippen molar-refractivity contribution in [2.45, 2.75) is 24.5 Å². The van der Waals surface area contributed by atoms with Crippen LogP contribution in [0.2, 0.25) is 0 Å². The molecule has 3 aromatic rings. The fraction of sp³-hybridized carbons (Fsp3) is 0.273. The van der Waals surface area contributed by atoms with Crippen LogP contribution in [0.3, 0.4) is 0 Å². The summed E-state index contributed by atoms with van der Waals surface area (Å²) in [5.74, 6) is 0.0747. The second kappa shape index (κ2) is 8.81. The van der Waals surface area contributed by atoms with Crippen molar-refractivity contribution >= 4 is 34.5 Å². The number of rotatable bonds is 8. The van der Waals surface area contributed by atoms with Crippen LogP contribution in [0.15, 0.2) is 58.5 Å². The zero-order chi connectivity index (χ0) is 21.1. The molecule has 7 nitrogen and oxygen atoms in total. The third kappa shape index (κ3) is 3.76. The second-order valence-electron chi connectivity index (χ2n) is 6.96. The zero-order valence-corrected chi connectivity index (χ0v) is 17.1. The van der Waals surface area contributed by atoms with Gasteiger partial charge in [-0.2, -0.15) is 0 Å². The monoisotopic (exact) mass is 423 g/mol. The zero-order valence-electron chi connectivity index (χ0n) is 16.3. The maximum absolute atomic E-state index is 12.8. The first-order valence-corrected chi connectivity index (χ1v) is 10.8. The van der Waals surface area contributed by atoms with E-state index in [0.29, 0.717) is 58.9 Å². The first-order valence-electron chi connectivity index (χ1n) is 9.80. The fourth-order valence-corrected chi connectivity index (χ4v) is 4.46. The van der Waals surface area contributed by atoms with Crippen molar-refractivity contribution in [2.75, 3.05) is 18.9 Å². The summed E-state index contributed by atoms with van der Waals surface area (Å²) in [6.07, 6.45) is 1.04. The van der Waals surface area contributed by atoms with E-state index < -0.39 is 0 Å². The van der Waals surface area contributed by atoms with E-state index in [2.05, 4.69) is 4.98 Å². The normalized spacial score (nSPS) is 13.3. The lowest BCUT2D eigenvalue weighted by molar-refractivity contribution is 0.0655. The molecule has 0 saturated heterocycles. The van der Waals surface area contributed by atoms with E-state index in [-0.39, 0.29) is 24.0 Å². The van der Waals surface area contributed by atoms with Gasteiger partial charge in [-0.05, 0) is 37.1 Å². The Labute approximate surface area is 177 Å². The van der Waals surface area contributed by atoms with Crippen LogP contribution in [0, 0.1) is 0 Å². The van der Waals surface area contributed by atoms with Crippen LogP contribution < -0.4 is 5.56 Å². The lowest BCUT2D eigenvalue weighted by Gasteiger charge is -2.15. The minimum absolute atomic E-state index is 0.0108. The average Bonchev–Trinajstić information content (AvgIpc) is 3.01. The third-order valence-electron chi connectivity index (χ3n) is 5.00. The smallest absolute Gasteiger partial charge is 0.262 e. The van der Waals surface area contributed by atoms with Crippen molar-refractivity contribution in [3.8, 4) is 0 Å². The summed E-state index contributed by atoms with van der Waals surface area (Å²) in [7, 11) is 0. The maximum atomic E-state index is 12.8. The number of carbonyl (C=O) groups excluding carboxylic acids is 2. The number of thioether (sulfide) groups is 1. The van der Waals surface area contributed by atoms with Gasteiger partial charge in [0.1, 0.15) is 0 Å². The molecule has 8 heteroatoms. The Bertz CT molecular complexity index is 1140. The number of hydrogen-bond acceptors (Lipinski definition) is 6. The van der Waals surface area contributed by atoms with Crippen molar-refractivity contribution in [3.05, 3.63) is 70.0 Å². The number of amides is 2. The SMILES string of the molecule is O=C1c2ccccc2C(=O)N1CCCSc1nc2ccccc2c(=O)n1CCCO. The Morgan fingerprint density at radius 3 is 2.23 bits per heavy atom. The summed E-state index contributed by atoms with van der Waals surface area (Å²) in [5.41, 5.74) is 1.40. The van der Waals surface area contributed by atoms with Crippen molar-refractivity contribution in [3.63, 3.8) is 0 Å². The van der Waals surface area contributed by atoms with Crippen molar-refractivity contribution in [1.82, 2.24) is 14.5 Å². The molecule has 2 amide bonds. The predicted octanol–water partition coefficient (Wildman–Crippen LogP) is 2.56. The van der Waals surface area contributed by atoms with E-state index >= 15 is 0 Å². The summed E-state index contributed by atoms with van der Waals surface area (Å²) < 4.78 is 1.59. The molecule has 1 N–H and O–H groups in total. The molecule has 2 heterocycles. The molecule has 4 rings (SSSR count). The van der Waals surface area contributed by atoms with Crippen LogP contribution in [0.1, 0.15) is 33.6 Å². The minimum atomic E-state index is -0.260. The van der Waals surface area contributed by atoms with Crippen molar-refractivity contribution < 1.29 is 14.7 Å². The first-order chi connectivity index (χ1) is 14.6. The molecule has 0 bridgehead atoms. The van der Waals surface area contributed by atoms with Gasteiger partial charge in [-0.3, -0.25) is 23.9 Å². The highest BCUT2D eigenvalue weighted by atomic mass is 32.2. The Kier molecular flexibility index (Phi) is 5.96. The van der Waals surface area contributed by atoms with Gasteiger partial charge in [-0.25, -0.2) is 4.98 Å². The molecule has 0 atom stereocenters. The van der Waals surface area contributed by atoms with E-state index in [1.807, 2.05) is 6.07 Å². The first kappa shape index (κ1) is 20.3. The number of hydrogen-bond donors (Lipinski definition) is 1. The van der Waals surface area contributed by atoms with Gasteiger partial charge in [-0.1, -0.05) is 36.0 Å². The molecule has 0 radical (unpaired) electrons. The summed E-state index contributed by atoms with van der Waals surface area (Å²) in [4.78, 5) is 43.6. The third-order valence-corrected chi connectivity index (χ3v) is 6.06. The Morgan fingerprint density at radius 1 is 0.867 bits per heavy atom. The topological polar surface area (TPSA) is 92.5 Å². The molecule has 1 aliphatic heterocycles. The van der Waals surface area contributed by atoms with Crippen LogP contribution in [-0.2, 0) is 6.54 Å². The largest absolute Gasteiger partial charge is 0.396 e. The molecule has 0 aliphatic carbocycles. The lowest BCUT2D eigenvalue weighted by Crippen LogP contribution is -2.31. The molecule has 0 spiro atoms. The molecule has 0 fully saturated rings. The molecule has 0 saturated carbocycles. The van der Waals surface area contributed by atoms with Gasteiger partial charge in [0.05, 0.1) is 22.0 Å². The van der Waals surface area contributed by atoms with Crippen molar-refractivity contribution in [1.29, 1.82) is 0 Å². The van der Waals surface area contributed by atoms with E-state index in [0.717, 1.165) is 0 Å². The van der Waals surface area contributed by atoms with Gasteiger partial charge in [-0.15, -0.1) is 0 Å². The van der Waals surface area contributed by atoms with E-state index in [9.17, 15) is 19.5 Å². The van der Waals surface area contributed by atoms with Crippen LogP contribution in [0.4, 0.5) is 0 Å². The van der Waals surface area contributed by atoms with Gasteiger partial charge >= 0.3 is 0 Å². The van der Waals surface area contributed by atoms with E-state index in [1.165, 1.54) is 16.7 Å². The molecule has 2 aromatic carbocycles. The van der Waals surface area contributed by atoms with Gasteiger partial charge in [0.25, 0.3) is 17.4 Å². The number of aromatic nitrogens is 2. The number of benzene rings is 2. The van der Waals surface area contributed by atoms with Gasteiger partial charge in [0.15, 0.2) is 5.16 Å². The predicted molar refractivity (Wildman–Crippen MR) is 115 cm³/mol. The number of aliphatic hydroxyl groups excluding tert-OH is 1. The number of nitrogens with zero attached hydrogens (tertiary/aromatic N) is 3. The summed E-state index contributed by atoms with van der Waals surface area (Å²) in [5, 5.41) is 10.3. The van der Waals surface area contributed by atoms with E-state index in [4.69, 9.17) is 0 Å². The van der Waals surface area contributed by atoms with Crippen LogP contribution in [0.25, 0.3) is 10.9 Å². The van der Waals surface area contributed by atoms with Crippen LogP contribution in [0.5, 0.6) is 0 Å². The number of aliphatic hydroxyl groups is 1. The highest BCUT2D eigenvalue weighted by molar-refractivity contribution is 7.99. The van der Waals surface area contributed by atoms with E-state index in [1.54, 1.807) is 47.0 Å². The maximum Gasteiger partial charge on any atom is 0.262 e. The summed E-state index contributed by atoms with van der Waals surface area (Å²) in [6, 6.07) is 14.0. The Morgan fingerprint density at radius 2 is 1.53 bits per heavy atom. The summed E-state index contributed by atoms with van der Waals surface area (Å²) >= 11 is 1.42. The highest BCUT2D eigenvalue weighted by Gasteiger charge is 2.34. The fourth-order valence-electron chi connectivity index (χ4n) is 3.51. The van der Waals surface area contributed by atoms with Crippen LogP contribution >= 0.6 is 11.8 Å². The number of imide groups is 1. The Balaban J connectivity index is 1.46. The van der Waals surface area contributed by atoms with Crippen molar-refractivity contribution in [2.24, 2.45) is 0 Å². The van der Waals surface area contributed by atoms with Gasteiger partial charge < -0.3 is 5.11 Å². The lowest BCUT2D eigenvalue weighted by atomic mass is 10.1. The molecular formula is C22H21N3O4S. The van der Waals surface area contributed by atoms with Gasteiger partial charge in [0.2, 0.25) is 0 Å². The molecule has 1 aromatic heterocycles.